The van der Waals surface area contributed by atoms with Gasteiger partial charge in [-0.1, -0.05) is 6.58 Å². The quantitative estimate of drug-likeness (QED) is 0.475. The predicted molar refractivity (Wildman–Crippen MR) is 43.7 cm³/mol. The Morgan fingerprint density at radius 3 is 2.58 bits per heavy atom. The Hall–Kier alpha value is -0.870. The molecule has 0 fully saturated rings. The van der Waals surface area contributed by atoms with Gasteiger partial charge in [0.05, 0.1) is 6.61 Å². The smallest absolute Gasteiger partial charge is 0.333 e. The van der Waals surface area contributed by atoms with Crippen LogP contribution in [0.3, 0.4) is 0 Å². The zero-order valence-corrected chi connectivity index (χ0v) is 7.37. The van der Waals surface area contributed by atoms with Gasteiger partial charge in [-0.2, -0.15) is 0 Å². The summed E-state index contributed by atoms with van der Waals surface area (Å²) in [5.74, 6) is -0.467. The summed E-state index contributed by atoms with van der Waals surface area (Å²) in [5, 5.41) is 8.64. The van der Waals surface area contributed by atoms with E-state index in [0.29, 0.717) is 5.57 Å². The summed E-state index contributed by atoms with van der Waals surface area (Å²) in [6, 6.07) is 0. The minimum absolute atomic E-state index is 0.0543. The van der Waals surface area contributed by atoms with Crippen LogP contribution in [0.2, 0.25) is 0 Å². The molecule has 12 heavy (non-hydrogen) atoms. The van der Waals surface area contributed by atoms with Crippen molar-refractivity contribution in [1.29, 1.82) is 0 Å². The number of aliphatic hydroxyl groups excluding tert-OH is 1. The second kappa shape index (κ2) is 5.74. The van der Waals surface area contributed by atoms with Crippen molar-refractivity contribution in [2.75, 3.05) is 20.3 Å². The zero-order valence-electron chi connectivity index (χ0n) is 7.37. The van der Waals surface area contributed by atoms with Crippen LogP contribution in [0, 0.1) is 0 Å². The number of aliphatic hydroxyl groups is 1. The van der Waals surface area contributed by atoms with Crippen LogP contribution >= 0.6 is 0 Å². The zero-order chi connectivity index (χ0) is 9.56. The molecule has 70 valence electrons. The lowest BCUT2D eigenvalue weighted by atomic mass is 10.3. The van der Waals surface area contributed by atoms with Crippen molar-refractivity contribution in [3.05, 3.63) is 12.2 Å². The number of ether oxygens (including phenoxy) is 2. The fourth-order valence-electron chi connectivity index (χ4n) is 0.487. The summed E-state index contributed by atoms with van der Waals surface area (Å²) in [7, 11) is 1.44. The van der Waals surface area contributed by atoms with Crippen molar-refractivity contribution in [2.24, 2.45) is 0 Å². The molecule has 0 aliphatic carbocycles. The molecule has 0 aliphatic heterocycles. The molecule has 4 heteroatoms. The molecule has 1 atom stereocenters. The predicted octanol–water partition coefficient (Wildman–Crippen LogP) is 0.113. The van der Waals surface area contributed by atoms with Crippen LogP contribution in [0.15, 0.2) is 12.2 Å². The topological polar surface area (TPSA) is 55.8 Å². The molecule has 1 unspecified atom stereocenters. The first kappa shape index (κ1) is 11.1. The molecule has 0 bridgehead atoms. The molecular formula is C8H14O4. The van der Waals surface area contributed by atoms with Crippen LogP contribution in [0.1, 0.15) is 6.92 Å². The number of carbonyl (C=O) groups is 1. The summed E-state index contributed by atoms with van der Waals surface area (Å²) in [5.41, 5.74) is 0.336. The highest BCUT2D eigenvalue weighted by Crippen LogP contribution is 1.95. The molecule has 1 N–H and O–H groups in total. The standard InChI is InChI=1S/C8H14O4/c1-6(2)8(10)12-5-7(4-9)11-3/h7,9H,1,4-5H2,2-3H3. The molecule has 0 aromatic rings. The number of rotatable bonds is 5. The lowest BCUT2D eigenvalue weighted by Gasteiger charge is -2.11. The lowest BCUT2D eigenvalue weighted by Crippen LogP contribution is -2.24. The molecule has 0 aromatic carbocycles. The van der Waals surface area contributed by atoms with Crippen LogP contribution in [0.5, 0.6) is 0 Å². The number of hydrogen-bond acceptors (Lipinski definition) is 4. The van der Waals surface area contributed by atoms with E-state index >= 15 is 0 Å². The second-order valence-corrected chi connectivity index (χ2v) is 2.42. The van der Waals surface area contributed by atoms with Crippen molar-refractivity contribution >= 4 is 5.97 Å². The summed E-state index contributed by atoms with van der Waals surface area (Å²) in [4.78, 5) is 10.8. The molecule has 0 saturated heterocycles. The minimum atomic E-state index is -0.467. The van der Waals surface area contributed by atoms with Gasteiger partial charge < -0.3 is 14.6 Å². The Bertz CT molecular complexity index is 160. The van der Waals surface area contributed by atoms with Crippen LogP contribution < -0.4 is 0 Å². The van der Waals surface area contributed by atoms with Crippen LogP contribution in [0.4, 0.5) is 0 Å². The monoisotopic (exact) mass is 174 g/mol. The summed E-state index contributed by atoms with van der Waals surface area (Å²) >= 11 is 0. The van der Waals surface area contributed by atoms with Crippen molar-refractivity contribution < 1.29 is 19.4 Å². The highest BCUT2D eigenvalue weighted by molar-refractivity contribution is 5.86. The Morgan fingerprint density at radius 2 is 2.25 bits per heavy atom. The molecule has 0 radical (unpaired) electrons. The second-order valence-electron chi connectivity index (χ2n) is 2.42. The van der Waals surface area contributed by atoms with Gasteiger partial charge in [-0.3, -0.25) is 0 Å². The normalized spacial score (nSPS) is 12.2. The fourth-order valence-corrected chi connectivity index (χ4v) is 0.487. The maximum Gasteiger partial charge on any atom is 0.333 e. The van der Waals surface area contributed by atoms with E-state index in [0.717, 1.165) is 0 Å². The molecular weight excluding hydrogens is 160 g/mol. The van der Waals surface area contributed by atoms with E-state index in [2.05, 4.69) is 6.58 Å². The number of esters is 1. The molecule has 0 aliphatic rings. The van der Waals surface area contributed by atoms with Gasteiger partial charge in [-0.05, 0) is 6.92 Å². The summed E-state index contributed by atoms with van der Waals surface area (Å²) < 4.78 is 9.50. The largest absolute Gasteiger partial charge is 0.459 e. The van der Waals surface area contributed by atoms with E-state index in [1.165, 1.54) is 7.11 Å². The molecule has 0 heterocycles. The van der Waals surface area contributed by atoms with Crippen molar-refractivity contribution in [2.45, 2.75) is 13.0 Å². The van der Waals surface area contributed by atoms with E-state index in [-0.39, 0.29) is 13.2 Å². The van der Waals surface area contributed by atoms with Gasteiger partial charge in [0.2, 0.25) is 0 Å². The van der Waals surface area contributed by atoms with Gasteiger partial charge in [0.1, 0.15) is 12.7 Å². The number of carbonyl (C=O) groups excluding carboxylic acids is 1. The van der Waals surface area contributed by atoms with Crippen molar-refractivity contribution in [3.63, 3.8) is 0 Å². The molecule has 0 spiro atoms. The Morgan fingerprint density at radius 1 is 1.67 bits per heavy atom. The third-order valence-corrected chi connectivity index (χ3v) is 1.29. The van der Waals surface area contributed by atoms with Gasteiger partial charge in [0.25, 0.3) is 0 Å². The SMILES string of the molecule is C=C(C)C(=O)OCC(CO)OC. The first-order valence-electron chi connectivity index (χ1n) is 3.58. The van der Waals surface area contributed by atoms with E-state index in [1.54, 1.807) is 6.92 Å². The van der Waals surface area contributed by atoms with E-state index in [1.807, 2.05) is 0 Å². The van der Waals surface area contributed by atoms with Gasteiger partial charge in [-0.15, -0.1) is 0 Å². The van der Waals surface area contributed by atoms with Gasteiger partial charge in [-0.25, -0.2) is 4.79 Å². The number of methoxy groups -OCH3 is 1. The first-order valence-corrected chi connectivity index (χ1v) is 3.58. The fraction of sp³-hybridized carbons (Fsp3) is 0.625. The Balaban J connectivity index is 3.66. The third kappa shape index (κ3) is 4.10. The van der Waals surface area contributed by atoms with Crippen molar-refractivity contribution in [3.8, 4) is 0 Å². The summed E-state index contributed by atoms with van der Waals surface area (Å²) in [6.45, 7) is 4.85. The molecule has 4 nitrogen and oxygen atoms in total. The molecule has 0 aromatic heterocycles. The highest BCUT2D eigenvalue weighted by atomic mass is 16.6. The lowest BCUT2D eigenvalue weighted by molar-refractivity contribution is -0.143. The Labute approximate surface area is 71.8 Å². The number of hydrogen-bond donors (Lipinski definition) is 1. The van der Waals surface area contributed by atoms with Crippen LogP contribution in [0.25, 0.3) is 0 Å². The third-order valence-electron chi connectivity index (χ3n) is 1.29. The molecule has 0 rings (SSSR count). The van der Waals surface area contributed by atoms with Crippen LogP contribution in [-0.4, -0.2) is 37.5 Å². The van der Waals surface area contributed by atoms with Gasteiger partial charge in [0, 0.05) is 12.7 Å². The molecule has 0 saturated carbocycles. The minimum Gasteiger partial charge on any atom is -0.459 e. The average molecular weight is 174 g/mol. The van der Waals surface area contributed by atoms with E-state index in [9.17, 15) is 4.79 Å². The van der Waals surface area contributed by atoms with E-state index in [4.69, 9.17) is 14.6 Å². The highest BCUT2D eigenvalue weighted by Gasteiger charge is 2.09. The van der Waals surface area contributed by atoms with Gasteiger partial charge in [0.15, 0.2) is 0 Å². The van der Waals surface area contributed by atoms with Crippen LogP contribution in [-0.2, 0) is 14.3 Å². The first-order chi connectivity index (χ1) is 5.61. The van der Waals surface area contributed by atoms with E-state index < -0.39 is 12.1 Å². The van der Waals surface area contributed by atoms with Gasteiger partial charge >= 0.3 is 5.97 Å². The maximum absolute atomic E-state index is 10.8. The maximum atomic E-state index is 10.8. The molecule has 0 amide bonds. The summed E-state index contributed by atoms with van der Waals surface area (Å²) in [6.07, 6.45) is -0.451. The van der Waals surface area contributed by atoms with Crippen molar-refractivity contribution in [1.82, 2.24) is 0 Å². The Kier molecular flexibility index (Phi) is 5.32. The average Bonchev–Trinajstić information content (AvgIpc) is 2.05.